The smallest absolute Gasteiger partial charge is 0.198 e. The average molecular weight is 298 g/mol. The van der Waals surface area contributed by atoms with Gasteiger partial charge in [0.2, 0.25) is 0 Å². The van der Waals surface area contributed by atoms with E-state index in [2.05, 4.69) is 15.3 Å². The van der Waals surface area contributed by atoms with Gasteiger partial charge in [0.05, 0.1) is 13.2 Å². The van der Waals surface area contributed by atoms with Gasteiger partial charge in [0, 0.05) is 5.02 Å². The van der Waals surface area contributed by atoms with Crippen molar-refractivity contribution < 1.29 is 4.74 Å². The van der Waals surface area contributed by atoms with Gasteiger partial charge in [0.1, 0.15) is 6.33 Å². The molecule has 6 heteroatoms. The zero-order valence-electron chi connectivity index (χ0n) is 10.5. The van der Waals surface area contributed by atoms with Crippen LogP contribution >= 0.6 is 23.2 Å². The Kier molecular flexibility index (Phi) is 4.45. The summed E-state index contributed by atoms with van der Waals surface area (Å²) in [5, 5.41) is 4.18. The third-order valence-corrected chi connectivity index (χ3v) is 3.30. The fourth-order valence-electron chi connectivity index (χ4n) is 1.75. The van der Waals surface area contributed by atoms with E-state index in [1.165, 1.54) is 13.4 Å². The van der Waals surface area contributed by atoms with Crippen molar-refractivity contribution in [1.29, 1.82) is 0 Å². The number of methoxy groups -OCH3 is 1. The van der Waals surface area contributed by atoms with E-state index in [1.807, 2.05) is 31.2 Å². The molecule has 1 aromatic carbocycles. The van der Waals surface area contributed by atoms with Crippen molar-refractivity contribution in [2.24, 2.45) is 0 Å². The zero-order valence-corrected chi connectivity index (χ0v) is 12.0. The van der Waals surface area contributed by atoms with Crippen LogP contribution in [-0.2, 0) is 0 Å². The molecule has 1 unspecified atom stereocenters. The molecule has 0 radical (unpaired) electrons. The summed E-state index contributed by atoms with van der Waals surface area (Å²) in [4.78, 5) is 8.00. The van der Waals surface area contributed by atoms with E-state index in [9.17, 15) is 0 Å². The van der Waals surface area contributed by atoms with Gasteiger partial charge in [0.15, 0.2) is 16.7 Å². The lowest BCUT2D eigenvalue weighted by Gasteiger charge is -2.18. The van der Waals surface area contributed by atoms with E-state index >= 15 is 0 Å². The lowest BCUT2D eigenvalue weighted by Crippen LogP contribution is -2.10. The minimum Gasteiger partial charge on any atom is -0.490 e. The Balaban J connectivity index is 2.27. The van der Waals surface area contributed by atoms with Gasteiger partial charge in [-0.05, 0) is 18.6 Å². The maximum Gasteiger partial charge on any atom is 0.198 e. The molecule has 1 atom stereocenters. The number of aromatic nitrogens is 2. The summed E-state index contributed by atoms with van der Waals surface area (Å²) in [7, 11) is 1.52. The quantitative estimate of drug-likeness (QED) is 0.868. The number of hydrogen-bond donors (Lipinski definition) is 1. The van der Waals surface area contributed by atoms with Crippen LogP contribution in [0.1, 0.15) is 18.5 Å². The minimum absolute atomic E-state index is 0.0337. The maximum absolute atomic E-state index is 6.16. The van der Waals surface area contributed by atoms with Crippen LogP contribution in [0.15, 0.2) is 30.6 Å². The Morgan fingerprint density at radius 1 is 1.21 bits per heavy atom. The summed E-state index contributed by atoms with van der Waals surface area (Å²) in [5.74, 6) is 0.956. The number of halogens is 2. The van der Waals surface area contributed by atoms with Crippen LogP contribution in [0.3, 0.4) is 0 Å². The fraction of sp³-hybridized carbons (Fsp3) is 0.231. The number of ether oxygens (including phenoxy) is 1. The molecule has 0 aliphatic carbocycles. The molecule has 0 fully saturated rings. The maximum atomic E-state index is 6.16. The first-order valence-corrected chi connectivity index (χ1v) is 6.44. The van der Waals surface area contributed by atoms with Gasteiger partial charge < -0.3 is 10.1 Å². The predicted octanol–water partition coefficient (Wildman–Crippen LogP) is 3.97. The summed E-state index contributed by atoms with van der Waals surface area (Å²) in [6.07, 6.45) is 1.38. The van der Waals surface area contributed by atoms with Crippen LogP contribution in [0, 0.1) is 0 Å². The van der Waals surface area contributed by atoms with E-state index in [0.29, 0.717) is 16.6 Å². The largest absolute Gasteiger partial charge is 0.490 e. The third-order valence-electron chi connectivity index (χ3n) is 2.69. The van der Waals surface area contributed by atoms with Crippen LogP contribution in [0.2, 0.25) is 10.2 Å². The zero-order chi connectivity index (χ0) is 13.8. The Bertz CT molecular complexity index is 578. The average Bonchev–Trinajstić information content (AvgIpc) is 2.39. The molecule has 2 aromatic rings. The highest BCUT2D eigenvalue weighted by Gasteiger charge is 2.15. The van der Waals surface area contributed by atoms with Crippen molar-refractivity contribution >= 4 is 29.0 Å². The molecule has 4 nitrogen and oxygen atoms in total. The normalized spacial score (nSPS) is 12.0. The summed E-state index contributed by atoms with van der Waals surface area (Å²) >= 11 is 12.1. The Hall–Kier alpha value is -1.52. The third kappa shape index (κ3) is 3.08. The van der Waals surface area contributed by atoms with Gasteiger partial charge in [-0.25, -0.2) is 9.97 Å². The number of nitrogens with zero attached hydrogens (tertiary/aromatic N) is 2. The van der Waals surface area contributed by atoms with Crippen LogP contribution in [-0.4, -0.2) is 17.1 Å². The standard InChI is InChI=1S/C13H13Cl2N3O/c1-8(9-5-3-4-6-10(9)14)18-13-11(19-2)12(15)16-7-17-13/h3-8H,1-2H3,(H,16,17,18). The molecule has 0 saturated carbocycles. The highest BCUT2D eigenvalue weighted by atomic mass is 35.5. The topological polar surface area (TPSA) is 47.0 Å². The minimum atomic E-state index is -0.0337. The highest BCUT2D eigenvalue weighted by molar-refractivity contribution is 6.31. The number of benzene rings is 1. The van der Waals surface area contributed by atoms with Crippen molar-refractivity contribution in [3.05, 3.63) is 46.3 Å². The van der Waals surface area contributed by atoms with Gasteiger partial charge in [-0.1, -0.05) is 41.4 Å². The van der Waals surface area contributed by atoms with Crippen LogP contribution in [0.25, 0.3) is 0 Å². The molecule has 0 amide bonds. The van der Waals surface area contributed by atoms with Crippen LogP contribution in [0.5, 0.6) is 5.75 Å². The van der Waals surface area contributed by atoms with E-state index < -0.39 is 0 Å². The molecule has 1 N–H and O–H groups in total. The molecule has 0 bridgehead atoms. The number of nitrogens with one attached hydrogen (secondary N) is 1. The monoisotopic (exact) mass is 297 g/mol. The summed E-state index contributed by atoms with van der Waals surface area (Å²) in [6, 6.07) is 7.59. The summed E-state index contributed by atoms with van der Waals surface area (Å²) in [6.45, 7) is 1.98. The molecular weight excluding hydrogens is 285 g/mol. The summed E-state index contributed by atoms with van der Waals surface area (Å²) < 4.78 is 5.19. The number of anilines is 1. The molecule has 0 saturated heterocycles. The number of hydrogen-bond acceptors (Lipinski definition) is 4. The molecular formula is C13H13Cl2N3O. The van der Waals surface area contributed by atoms with Crippen molar-refractivity contribution in [2.75, 3.05) is 12.4 Å². The van der Waals surface area contributed by atoms with Gasteiger partial charge in [-0.3, -0.25) is 0 Å². The first-order chi connectivity index (χ1) is 9.13. The van der Waals surface area contributed by atoms with Crippen molar-refractivity contribution in [3.8, 4) is 5.75 Å². The first-order valence-electron chi connectivity index (χ1n) is 5.69. The molecule has 100 valence electrons. The Labute approximate surface area is 121 Å². The fourth-order valence-corrected chi connectivity index (χ4v) is 2.25. The van der Waals surface area contributed by atoms with Gasteiger partial charge in [-0.15, -0.1) is 0 Å². The molecule has 0 aliphatic heterocycles. The van der Waals surface area contributed by atoms with Crippen molar-refractivity contribution in [3.63, 3.8) is 0 Å². The van der Waals surface area contributed by atoms with Gasteiger partial charge in [-0.2, -0.15) is 0 Å². The second-order valence-electron chi connectivity index (χ2n) is 3.93. The molecule has 1 aromatic heterocycles. The highest BCUT2D eigenvalue weighted by Crippen LogP contribution is 2.32. The van der Waals surface area contributed by atoms with Crippen molar-refractivity contribution in [1.82, 2.24) is 9.97 Å². The molecule has 0 spiro atoms. The van der Waals surface area contributed by atoms with Crippen molar-refractivity contribution in [2.45, 2.75) is 13.0 Å². The van der Waals surface area contributed by atoms with E-state index in [4.69, 9.17) is 27.9 Å². The summed E-state index contributed by atoms with van der Waals surface area (Å²) in [5.41, 5.74) is 0.973. The lowest BCUT2D eigenvalue weighted by atomic mass is 10.1. The lowest BCUT2D eigenvalue weighted by molar-refractivity contribution is 0.412. The second-order valence-corrected chi connectivity index (χ2v) is 4.70. The molecule has 19 heavy (non-hydrogen) atoms. The van der Waals surface area contributed by atoms with Crippen LogP contribution < -0.4 is 10.1 Å². The van der Waals surface area contributed by atoms with Crippen LogP contribution in [0.4, 0.5) is 5.82 Å². The number of rotatable bonds is 4. The Morgan fingerprint density at radius 2 is 1.95 bits per heavy atom. The van der Waals surface area contributed by atoms with E-state index in [-0.39, 0.29) is 11.2 Å². The Morgan fingerprint density at radius 3 is 2.63 bits per heavy atom. The van der Waals surface area contributed by atoms with E-state index in [0.717, 1.165) is 5.56 Å². The van der Waals surface area contributed by atoms with E-state index in [1.54, 1.807) is 0 Å². The second kappa shape index (κ2) is 6.08. The SMILES string of the molecule is COc1c(Cl)ncnc1NC(C)c1ccccc1Cl. The molecule has 1 heterocycles. The van der Waals surface area contributed by atoms with Gasteiger partial charge in [0.25, 0.3) is 0 Å². The molecule has 0 aliphatic rings. The first kappa shape index (κ1) is 13.9. The molecule has 2 rings (SSSR count). The van der Waals surface area contributed by atoms with Gasteiger partial charge >= 0.3 is 0 Å². The predicted molar refractivity (Wildman–Crippen MR) is 77.1 cm³/mol.